The molecule has 92 valence electrons. The summed E-state index contributed by atoms with van der Waals surface area (Å²) in [7, 11) is 0. The summed E-state index contributed by atoms with van der Waals surface area (Å²) in [6.45, 7) is 0.821. The molecule has 0 amide bonds. The molecule has 1 rings (SSSR count). The number of nitro benzene ring substituents is 1. The van der Waals surface area contributed by atoms with Crippen LogP contribution in [-0.4, -0.2) is 10.7 Å². The number of halogens is 4. The number of hydrogen-bond acceptors (Lipinski definition) is 3. The maximum Gasteiger partial charge on any atom is 0.416 e. The van der Waals surface area contributed by atoms with E-state index in [-0.39, 0.29) is 12.1 Å². The molecule has 0 unspecified atom stereocenters. The van der Waals surface area contributed by atoms with Gasteiger partial charge in [-0.3, -0.25) is 14.9 Å². The molecule has 0 radical (unpaired) electrons. The Morgan fingerprint density at radius 2 is 1.88 bits per heavy atom. The summed E-state index contributed by atoms with van der Waals surface area (Å²) in [6.07, 6.45) is -4.87. The Kier molecular flexibility index (Phi) is 3.16. The molecule has 0 N–H and O–H groups in total. The van der Waals surface area contributed by atoms with Gasteiger partial charge in [-0.2, -0.15) is 17.6 Å². The van der Waals surface area contributed by atoms with Crippen LogP contribution in [0, 0.1) is 15.9 Å². The quantitative estimate of drug-likeness (QED) is 0.351. The third-order valence-electron chi connectivity index (χ3n) is 1.95. The third kappa shape index (κ3) is 2.58. The van der Waals surface area contributed by atoms with Crippen molar-refractivity contribution in [3.63, 3.8) is 0 Å². The van der Waals surface area contributed by atoms with Crippen LogP contribution in [0.15, 0.2) is 12.1 Å². The minimum atomic E-state index is -4.87. The largest absolute Gasteiger partial charge is 0.416 e. The van der Waals surface area contributed by atoms with E-state index >= 15 is 0 Å². The Morgan fingerprint density at radius 1 is 1.35 bits per heavy atom. The van der Waals surface area contributed by atoms with Crippen LogP contribution >= 0.6 is 0 Å². The summed E-state index contributed by atoms with van der Waals surface area (Å²) >= 11 is 0. The van der Waals surface area contributed by atoms with Gasteiger partial charge in [-0.15, -0.1) is 0 Å². The average Bonchev–Trinajstić information content (AvgIpc) is 2.13. The summed E-state index contributed by atoms with van der Waals surface area (Å²) in [5.41, 5.74) is -3.58. The SMILES string of the molecule is CC(=O)c1cc(C(F)(F)F)cc(F)c1[N+](=O)[O-]. The van der Waals surface area contributed by atoms with Gasteiger partial charge in [0.05, 0.1) is 16.1 Å². The molecule has 4 nitrogen and oxygen atoms in total. The lowest BCUT2D eigenvalue weighted by molar-refractivity contribution is -0.387. The number of hydrogen-bond donors (Lipinski definition) is 0. The van der Waals surface area contributed by atoms with Crippen molar-refractivity contribution in [3.05, 3.63) is 39.2 Å². The topological polar surface area (TPSA) is 60.2 Å². The predicted octanol–water partition coefficient (Wildman–Crippen LogP) is 2.96. The van der Waals surface area contributed by atoms with Crippen LogP contribution in [0.4, 0.5) is 23.2 Å². The minimum Gasteiger partial charge on any atom is -0.294 e. The Morgan fingerprint density at radius 3 is 2.24 bits per heavy atom. The molecular weight excluding hydrogens is 246 g/mol. The zero-order valence-electron chi connectivity index (χ0n) is 8.34. The maximum atomic E-state index is 13.2. The van der Waals surface area contributed by atoms with E-state index in [1.54, 1.807) is 0 Å². The smallest absolute Gasteiger partial charge is 0.294 e. The molecule has 0 spiro atoms. The van der Waals surface area contributed by atoms with E-state index in [1.807, 2.05) is 0 Å². The highest BCUT2D eigenvalue weighted by Gasteiger charge is 2.35. The third-order valence-corrected chi connectivity index (χ3v) is 1.95. The molecule has 0 saturated carbocycles. The first kappa shape index (κ1) is 13.1. The van der Waals surface area contributed by atoms with Gasteiger partial charge in [0, 0.05) is 0 Å². The van der Waals surface area contributed by atoms with Crippen LogP contribution in [0.25, 0.3) is 0 Å². The fourth-order valence-corrected chi connectivity index (χ4v) is 1.22. The summed E-state index contributed by atoms with van der Waals surface area (Å²) in [4.78, 5) is 20.2. The van der Waals surface area contributed by atoms with Crippen LogP contribution in [0.1, 0.15) is 22.8 Å². The first-order valence-electron chi connectivity index (χ1n) is 4.20. The van der Waals surface area contributed by atoms with Crippen molar-refractivity contribution in [2.24, 2.45) is 0 Å². The lowest BCUT2D eigenvalue weighted by Gasteiger charge is -2.08. The molecule has 0 heterocycles. The van der Waals surface area contributed by atoms with Gasteiger partial charge >= 0.3 is 11.9 Å². The van der Waals surface area contributed by atoms with Gasteiger partial charge in [-0.05, 0) is 19.1 Å². The second-order valence-electron chi connectivity index (χ2n) is 3.17. The van der Waals surface area contributed by atoms with Crippen molar-refractivity contribution in [1.29, 1.82) is 0 Å². The Hall–Kier alpha value is -1.99. The summed E-state index contributed by atoms with van der Waals surface area (Å²) in [6, 6.07) is 0.258. The van der Waals surface area contributed by atoms with Gasteiger partial charge in [0.25, 0.3) is 0 Å². The number of ketones is 1. The molecule has 0 aliphatic heterocycles. The van der Waals surface area contributed by atoms with E-state index in [0.29, 0.717) is 0 Å². The highest BCUT2D eigenvalue weighted by atomic mass is 19.4. The van der Waals surface area contributed by atoms with Gasteiger partial charge in [0.2, 0.25) is 5.82 Å². The molecular formula is C9H5F4NO3. The molecule has 1 aromatic carbocycles. The van der Waals surface area contributed by atoms with Crippen LogP contribution in [0.2, 0.25) is 0 Å². The average molecular weight is 251 g/mol. The molecule has 0 aromatic heterocycles. The number of carbonyl (C=O) groups excluding carboxylic acids is 1. The zero-order chi connectivity index (χ0) is 13.4. The fraction of sp³-hybridized carbons (Fsp3) is 0.222. The molecule has 0 bridgehead atoms. The van der Waals surface area contributed by atoms with Crippen molar-refractivity contribution < 1.29 is 27.3 Å². The van der Waals surface area contributed by atoms with Crippen LogP contribution in [0.5, 0.6) is 0 Å². The Labute approximate surface area is 92.0 Å². The van der Waals surface area contributed by atoms with Gasteiger partial charge in [0.15, 0.2) is 5.78 Å². The number of carbonyl (C=O) groups is 1. The van der Waals surface area contributed by atoms with Crippen molar-refractivity contribution in [3.8, 4) is 0 Å². The number of nitro groups is 1. The van der Waals surface area contributed by atoms with E-state index in [4.69, 9.17) is 0 Å². The second-order valence-corrected chi connectivity index (χ2v) is 3.17. The molecule has 0 aliphatic carbocycles. The number of rotatable bonds is 2. The first-order valence-corrected chi connectivity index (χ1v) is 4.20. The van der Waals surface area contributed by atoms with Crippen molar-refractivity contribution in [2.75, 3.05) is 0 Å². The van der Waals surface area contributed by atoms with Gasteiger partial charge in [-0.25, -0.2) is 0 Å². The predicted molar refractivity (Wildman–Crippen MR) is 48.1 cm³/mol. The molecule has 1 aromatic rings. The normalized spacial score (nSPS) is 11.4. The molecule has 8 heteroatoms. The highest BCUT2D eigenvalue weighted by molar-refractivity contribution is 5.98. The monoisotopic (exact) mass is 251 g/mol. The summed E-state index contributed by atoms with van der Waals surface area (Å²) in [5, 5.41) is 10.4. The molecule has 0 atom stereocenters. The highest BCUT2D eigenvalue weighted by Crippen LogP contribution is 2.34. The summed E-state index contributed by atoms with van der Waals surface area (Å²) < 4.78 is 50.0. The van der Waals surface area contributed by atoms with E-state index in [2.05, 4.69) is 0 Å². The molecule has 0 saturated heterocycles. The van der Waals surface area contributed by atoms with E-state index in [0.717, 1.165) is 6.92 Å². The van der Waals surface area contributed by atoms with E-state index < -0.39 is 39.5 Å². The maximum absolute atomic E-state index is 13.2. The van der Waals surface area contributed by atoms with Crippen LogP contribution < -0.4 is 0 Å². The number of Topliss-reactive ketones (excluding diaryl/α,β-unsaturated/α-hetero) is 1. The van der Waals surface area contributed by atoms with Crippen molar-refractivity contribution >= 4 is 11.5 Å². The first-order chi connectivity index (χ1) is 7.64. The van der Waals surface area contributed by atoms with Gasteiger partial charge < -0.3 is 0 Å². The van der Waals surface area contributed by atoms with Crippen LogP contribution in [-0.2, 0) is 6.18 Å². The number of nitrogens with zero attached hydrogens (tertiary/aromatic N) is 1. The van der Waals surface area contributed by atoms with Gasteiger partial charge in [-0.1, -0.05) is 0 Å². The lowest BCUT2D eigenvalue weighted by Crippen LogP contribution is -2.10. The number of alkyl halides is 3. The number of benzene rings is 1. The molecule has 17 heavy (non-hydrogen) atoms. The molecule has 0 fully saturated rings. The van der Waals surface area contributed by atoms with Crippen molar-refractivity contribution in [1.82, 2.24) is 0 Å². The van der Waals surface area contributed by atoms with E-state index in [9.17, 15) is 32.5 Å². The van der Waals surface area contributed by atoms with Crippen molar-refractivity contribution in [2.45, 2.75) is 13.1 Å². The summed E-state index contributed by atoms with van der Waals surface area (Å²) in [5.74, 6) is -2.70. The molecule has 0 aliphatic rings. The lowest BCUT2D eigenvalue weighted by atomic mass is 10.0. The van der Waals surface area contributed by atoms with Gasteiger partial charge in [0.1, 0.15) is 0 Å². The Balaban J connectivity index is 3.58. The zero-order valence-corrected chi connectivity index (χ0v) is 8.34. The van der Waals surface area contributed by atoms with Crippen LogP contribution in [0.3, 0.4) is 0 Å². The minimum absolute atomic E-state index is 0.00935. The van der Waals surface area contributed by atoms with E-state index in [1.165, 1.54) is 0 Å². The fourth-order valence-electron chi connectivity index (χ4n) is 1.22. The second kappa shape index (κ2) is 4.11. The Bertz CT molecular complexity index is 496. The standard InChI is InChI=1S/C9H5F4NO3/c1-4(15)6-2-5(9(11,12)13)3-7(10)8(6)14(16)17/h2-3H,1H3.